The van der Waals surface area contributed by atoms with Gasteiger partial charge in [-0.2, -0.15) is 0 Å². The highest BCUT2D eigenvalue weighted by Crippen LogP contribution is 2.28. The SMILES string of the molecule is CCNc1nc(-c2ccc(C)cc2Br)ncc1I. The monoisotopic (exact) mass is 417 g/mol. The molecule has 0 spiro atoms. The van der Waals surface area contributed by atoms with Gasteiger partial charge in [0.1, 0.15) is 5.82 Å². The Hall–Kier alpha value is -0.690. The van der Waals surface area contributed by atoms with Crippen LogP contribution in [0.1, 0.15) is 12.5 Å². The summed E-state index contributed by atoms with van der Waals surface area (Å²) in [4.78, 5) is 8.96. The number of benzene rings is 1. The van der Waals surface area contributed by atoms with Crippen molar-refractivity contribution in [1.29, 1.82) is 0 Å². The summed E-state index contributed by atoms with van der Waals surface area (Å²) in [5, 5.41) is 3.24. The van der Waals surface area contributed by atoms with Crippen molar-refractivity contribution >= 4 is 44.3 Å². The Balaban J connectivity index is 2.47. The van der Waals surface area contributed by atoms with Crippen molar-refractivity contribution in [2.24, 2.45) is 0 Å². The number of hydrogen-bond donors (Lipinski definition) is 1. The minimum atomic E-state index is 0.734. The number of anilines is 1. The van der Waals surface area contributed by atoms with Crippen molar-refractivity contribution in [2.45, 2.75) is 13.8 Å². The molecule has 1 aromatic heterocycles. The highest BCUT2D eigenvalue weighted by molar-refractivity contribution is 14.1. The molecule has 0 unspecified atom stereocenters. The average Bonchev–Trinajstić information content (AvgIpc) is 2.33. The van der Waals surface area contributed by atoms with Gasteiger partial charge in [-0.3, -0.25) is 0 Å². The molecule has 0 radical (unpaired) electrons. The van der Waals surface area contributed by atoms with E-state index in [4.69, 9.17) is 0 Å². The first-order chi connectivity index (χ1) is 8.61. The molecule has 3 nitrogen and oxygen atoms in total. The molecule has 0 aliphatic carbocycles. The van der Waals surface area contributed by atoms with E-state index in [0.717, 1.165) is 31.8 Å². The van der Waals surface area contributed by atoms with Crippen LogP contribution in [0.4, 0.5) is 5.82 Å². The van der Waals surface area contributed by atoms with Crippen molar-refractivity contribution in [3.05, 3.63) is 38.0 Å². The minimum absolute atomic E-state index is 0.734. The zero-order valence-electron chi connectivity index (χ0n) is 10.2. The van der Waals surface area contributed by atoms with Crippen LogP contribution in [-0.4, -0.2) is 16.5 Å². The van der Waals surface area contributed by atoms with Gasteiger partial charge in [-0.05, 0) is 54.1 Å². The summed E-state index contributed by atoms with van der Waals surface area (Å²) in [5.74, 6) is 1.62. The van der Waals surface area contributed by atoms with Crippen LogP contribution in [0.15, 0.2) is 28.9 Å². The summed E-state index contributed by atoms with van der Waals surface area (Å²) in [5.41, 5.74) is 2.22. The van der Waals surface area contributed by atoms with Gasteiger partial charge < -0.3 is 5.32 Å². The highest BCUT2D eigenvalue weighted by atomic mass is 127. The first kappa shape index (κ1) is 13.7. The summed E-state index contributed by atoms with van der Waals surface area (Å²) >= 11 is 5.80. The zero-order valence-corrected chi connectivity index (χ0v) is 13.9. The van der Waals surface area contributed by atoms with E-state index in [1.54, 1.807) is 0 Å². The lowest BCUT2D eigenvalue weighted by molar-refractivity contribution is 1.10. The molecule has 0 fully saturated rings. The predicted octanol–water partition coefficient (Wildman–Crippen LogP) is 4.25. The van der Waals surface area contributed by atoms with Gasteiger partial charge in [-0.15, -0.1) is 0 Å². The fourth-order valence-electron chi connectivity index (χ4n) is 1.59. The number of nitrogens with zero attached hydrogens (tertiary/aromatic N) is 2. The molecule has 2 aromatic rings. The lowest BCUT2D eigenvalue weighted by Crippen LogP contribution is -2.03. The molecule has 0 bridgehead atoms. The van der Waals surface area contributed by atoms with Crippen LogP contribution in [-0.2, 0) is 0 Å². The van der Waals surface area contributed by atoms with Crippen molar-refractivity contribution < 1.29 is 0 Å². The second-order valence-electron chi connectivity index (χ2n) is 3.90. The van der Waals surface area contributed by atoms with Gasteiger partial charge >= 0.3 is 0 Å². The third kappa shape index (κ3) is 3.00. The molecule has 1 N–H and O–H groups in total. The van der Waals surface area contributed by atoms with Crippen LogP contribution in [0, 0.1) is 10.5 Å². The number of hydrogen-bond acceptors (Lipinski definition) is 3. The fourth-order valence-corrected chi connectivity index (χ4v) is 2.71. The van der Waals surface area contributed by atoms with Crippen LogP contribution in [0.3, 0.4) is 0 Å². The molecule has 94 valence electrons. The van der Waals surface area contributed by atoms with Gasteiger partial charge in [-0.25, -0.2) is 9.97 Å². The summed E-state index contributed by atoms with van der Waals surface area (Å²) in [6, 6.07) is 6.18. The lowest BCUT2D eigenvalue weighted by Gasteiger charge is -2.08. The number of halogens is 2. The number of rotatable bonds is 3. The second kappa shape index (κ2) is 5.97. The molecule has 2 rings (SSSR count). The Bertz CT molecular complexity index is 572. The van der Waals surface area contributed by atoms with Gasteiger partial charge in [0, 0.05) is 22.8 Å². The highest BCUT2D eigenvalue weighted by Gasteiger charge is 2.09. The maximum absolute atomic E-state index is 4.56. The standard InChI is InChI=1S/C13H13BrIN3/c1-3-16-13-11(15)7-17-12(18-13)9-5-4-8(2)6-10(9)14/h4-7H,3H2,1-2H3,(H,16,17,18). The van der Waals surface area contributed by atoms with Crippen molar-refractivity contribution in [3.63, 3.8) is 0 Å². The van der Waals surface area contributed by atoms with Gasteiger partial charge in [0.05, 0.1) is 3.57 Å². The molecule has 1 heterocycles. The molecular formula is C13H13BrIN3. The first-order valence-corrected chi connectivity index (χ1v) is 7.52. The van der Waals surface area contributed by atoms with E-state index in [1.165, 1.54) is 5.56 Å². The molecule has 0 saturated heterocycles. The Kier molecular flexibility index (Phi) is 4.55. The lowest BCUT2D eigenvalue weighted by atomic mass is 10.1. The van der Waals surface area contributed by atoms with Crippen LogP contribution in [0.25, 0.3) is 11.4 Å². The summed E-state index contributed by atoms with van der Waals surface area (Å²) in [7, 11) is 0. The third-order valence-corrected chi connectivity index (χ3v) is 3.90. The molecule has 18 heavy (non-hydrogen) atoms. The van der Waals surface area contributed by atoms with Crippen LogP contribution < -0.4 is 5.32 Å². The summed E-state index contributed by atoms with van der Waals surface area (Å²) < 4.78 is 2.05. The molecule has 0 amide bonds. The fraction of sp³-hybridized carbons (Fsp3) is 0.231. The van der Waals surface area contributed by atoms with Crippen molar-refractivity contribution in [1.82, 2.24) is 9.97 Å². The van der Waals surface area contributed by atoms with Gasteiger partial charge in [0.2, 0.25) is 0 Å². The van der Waals surface area contributed by atoms with Crippen molar-refractivity contribution in [3.8, 4) is 11.4 Å². The largest absolute Gasteiger partial charge is 0.369 e. The quantitative estimate of drug-likeness (QED) is 0.758. The van der Waals surface area contributed by atoms with Crippen LogP contribution in [0.5, 0.6) is 0 Å². The minimum Gasteiger partial charge on any atom is -0.369 e. The zero-order chi connectivity index (χ0) is 13.1. The average molecular weight is 418 g/mol. The van der Waals surface area contributed by atoms with Crippen LogP contribution >= 0.6 is 38.5 Å². The number of aromatic nitrogens is 2. The molecule has 0 saturated carbocycles. The normalized spacial score (nSPS) is 10.4. The van der Waals surface area contributed by atoms with E-state index >= 15 is 0 Å². The van der Waals surface area contributed by atoms with E-state index in [1.807, 2.05) is 12.3 Å². The van der Waals surface area contributed by atoms with Gasteiger partial charge in [0.15, 0.2) is 5.82 Å². The summed E-state index contributed by atoms with van der Waals surface area (Å²) in [6.45, 7) is 4.97. The van der Waals surface area contributed by atoms with E-state index in [0.29, 0.717) is 0 Å². The molecule has 0 atom stereocenters. The van der Waals surface area contributed by atoms with Gasteiger partial charge in [-0.1, -0.05) is 22.0 Å². The molecule has 5 heteroatoms. The second-order valence-corrected chi connectivity index (χ2v) is 5.92. The van der Waals surface area contributed by atoms with E-state index < -0.39 is 0 Å². The molecule has 0 aliphatic heterocycles. The Morgan fingerprint density at radius 2 is 2.17 bits per heavy atom. The summed E-state index contributed by atoms with van der Waals surface area (Å²) in [6.07, 6.45) is 1.84. The number of nitrogens with one attached hydrogen (secondary N) is 1. The topological polar surface area (TPSA) is 37.8 Å². The maximum Gasteiger partial charge on any atom is 0.162 e. The Morgan fingerprint density at radius 3 is 2.83 bits per heavy atom. The Morgan fingerprint density at radius 1 is 1.39 bits per heavy atom. The smallest absolute Gasteiger partial charge is 0.162 e. The first-order valence-electron chi connectivity index (χ1n) is 5.64. The van der Waals surface area contributed by atoms with Crippen molar-refractivity contribution in [2.75, 3.05) is 11.9 Å². The Labute approximate surface area is 129 Å². The maximum atomic E-state index is 4.56. The molecule has 1 aromatic carbocycles. The van der Waals surface area contributed by atoms with E-state index in [-0.39, 0.29) is 0 Å². The third-order valence-electron chi connectivity index (χ3n) is 2.45. The number of aryl methyl sites for hydroxylation is 1. The van der Waals surface area contributed by atoms with Crippen LogP contribution in [0.2, 0.25) is 0 Å². The predicted molar refractivity (Wildman–Crippen MR) is 86.8 cm³/mol. The van der Waals surface area contributed by atoms with Gasteiger partial charge in [0.25, 0.3) is 0 Å². The molecule has 0 aliphatic rings. The van der Waals surface area contributed by atoms with E-state index in [2.05, 4.69) is 79.8 Å². The van der Waals surface area contributed by atoms with E-state index in [9.17, 15) is 0 Å². The molecular weight excluding hydrogens is 405 g/mol.